The van der Waals surface area contributed by atoms with E-state index in [0.29, 0.717) is 15.9 Å². The molecule has 0 atom stereocenters. The van der Waals surface area contributed by atoms with Gasteiger partial charge in [0.05, 0.1) is 25.5 Å². The highest BCUT2D eigenvalue weighted by Gasteiger charge is 2.24. The summed E-state index contributed by atoms with van der Waals surface area (Å²) in [6, 6.07) is 5.49. The molecule has 0 saturated carbocycles. The molecule has 1 aromatic heterocycles. The number of nitrogens with zero attached hydrogens (tertiary/aromatic N) is 2. The molecule has 2 rings (SSSR count). The Kier molecular flexibility index (Phi) is 4.78. The Bertz CT molecular complexity index is 794. The first-order valence-corrected chi connectivity index (χ1v) is 7.55. The van der Waals surface area contributed by atoms with E-state index in [1.54, 1.807) is 12.1 Å². The highest BCUT2D eigenvalue weighted by molar-refractivity contribution is 9.11. The molecule has 1 aromatic carbocycles. The van der Waals surface area contributed by atoms with E-state index in [-0.39, 0.29) is 16.9 Å². The number of esters is 1. The van der Waals surface area contributed by atoms with Crippen LogP contribution in [0.4, 0.5) is 5.69 Å². The zero-order valence-electron chi connectivity index (χ0n) is 11.7. The first-order valence-electron chi connectivity index (χ1n) is 5.97. The normalized spacial score (nSPS) is 10.1. The number of carbonyl (C=O) groups is 1. The summed E-state index contributed by atoms with van der Waals surface area (Å²) < 4.78 is 13.0. The van der Waals surface area contributed by atoms with E-state index >= 15 is 0 Å². The SMILES string of the molecule is COC(=O)c1c(N)c(C#N)cn1-c1c(Br)cc(Br)cc1OC. The lowest BCUT2D eigenvalue weighted by atomic mass is 10.2. The molecule has 0 aliphatic rings. The number of nitrogens with two attached hydrogens (primary N) is 1. The first kappa shape index (κ1) is 16.4. The fourth-order valence-corrected chi connectivity index (χ4v) is 3.40. The van der Waals surface area contributed by atoms with E-state index < -0.39 is 5.97 Å². The summed E-state index contributed by atoms with van der Waals surface area (Å²) in [6.45, 7) is 0. The Morgan fingerprint density at radius 1 is 1.36 bits per heavy atom. The minimum Gasteiger partial charge on any atom is -0.494 e. The molecule has 6 nitrogen and oxygen atoms in total. The van der Waals surface area contributed by atoms with Crippen LogP contribution in [0.5, 0.6) is 5.75 Å². The number of hydrogen-bond donors (Lipinski definition) is 1. The zero-order chi connectivity index (χ0) is 16.4. The molecule has 0 radical (unpaired) electrons. The summed E-state index contributed by atoms with van der Waals surface area (Å²) in [5, 5.41) is 9.15. The van der Waals surface area contributed by atoms with Crippen LogP contribution in [-0.4, -0.2) is 24.8 Å². The summed E-state index contributed by atoms with van der Waals surface area (Å²) in [5.41, 5.74) is 6.74. The predicted molar refractivity (Wildman–Crippen MR) is 88.2 cm³/mol. The third-order valence-corrected chi connectivity index (χ3v) is 4.06. The number of ether oxygens (including phenoxy) is 2. The Balaban J connectivity index is 2.84. The van der Waals surface area contributed by atoms with E-state index in [1.807, 2.05) is 6.07 Å². The van der Waals surface area contributed by atoms with E-state index in [0.717, 1.165) is 4.47 Å². The summed E-state index contributed by atoms with van der Waals surface area (Å²) in [5.74, 6) is -0.151. The Morgan fingerprint density at radius 2 is 2.05 bits per heavy atom. The van der Waals surface area contributed by atoms with Crippen molar-refractivity contribution in [3.63, 3.8) is 0 Å². The van der Waals surface area contributed by atoms with Crippen molar-refractivity contribution in [2.75, 3.05) is 20.0 Å². The van der Waals surface area contributed by atoms with Crippen molar-refractivity contribution >= 4 is 43.5 Å². The number of rotatable bonds is 3. The number of halogens is 2. The van der Waals surface area contributed by atoms with Gasteiger partial charge in [0, 0.05) is 15.1 Å². The molecular formula is C14H11Br2N3O3. The molecular weight excluding hydrogens is 418 g/mol. The topological polar surface area (TPSA) is 90.3 Å². The molecule has 0 aliphatic heterocycles. The van der Waals surface area contributed by atoms with E-state index in [1.165, 1.54) is 25.0 Å². The number of hydrogen-bond acceptors (Lipinski definition) is 5. The van der Waals surface area contributed by atoms with Gasteiger partial charge in [0.25, 0.3) is 0 Å². The van der Waals surface area contributed by atoms with Gasteiger partial charge in [-0.3, -0.25) is 0 Å². The minimum absolute atomic E-state index is 0.0613. The smallest absolute Gasteiger partial charge is 0.357 e. The molecule has 22 heavy (non-hydrogen) atoms. The van der Waals surface area contributed by atoms with Crippen molar-refractivity contribution in [2.45, 2.75) is 0 Å². The lowest BCUT2D eigenvalue weighted by Crippen LogP contribution is -2.12. The number of nitriles is 1. The highest BCUT2D eigenvalue weighted by atomic mass is 79.9. The molecule has 2 aromatic rings. The van der Waals surface area contributed by atoms with Gasteiger partial charge in [-0.15, -0.1) is 0 Å². The van der Waals surface area contributed by atoms with Crippen LogP contribution in [0.2, 0.25) is 0 Å². The molecule has 0 saturated heterocycles. The molecule has 0 amide bonds. The maximum Gasteiger partial charge on any atom is 0.357 e. The third-order valence-electron chi connectivity index (χ3n) is 3.00. The van der Waals surface area contributed by atoms with Gasteiger partial charge in [-0.05, 0) is 28.1 Å². The molecule has 0 bridgehead atoms. The second kappa shape index (κ2) is 6.42. The van der Waals surface area contributed by atoms with Crippen LogP contribution >= 0.6 is 31.9 Å². The van der Waals surface area contributed by atoms with Crippen LogP contribution in [0, 0.1) is 11.3 Å². The van der Waals surface area contributed by atoms with Gasteiger partial charge in [-0.25, -0.2) is 4.79 Å². The second-order valence-corrected chi connectivity index (χ2v) is 5.99. The van der Waals surface area contributed by atoms with E-state index in [4.69, 9.17) is 20.5 Å². The number of benzene rings is 1. The van der Waals surface area contributed by atoms with Gasteiger partial charge in [0.15, 0.2) is 5.69 Å². The molecule has 0 spiro atoms. The highest BCUT2D eigenvalue weighted by Crippen LogP contribution is 2.37. The summed E-state index contributed by atoms with van der Waals surface area (Å²) in [4.78, 5) is 12.0. The lowest BCUT2D eigenvalue weighted by Gasteiger charge is -2.15. The molecule has 1 heterocycles. The Hall–Kier alpha value is -1.98. The third kappa shape index (κ3) is 2.69. The summed E-state index contributed by atoms with van der Waals surface area (Å²) >= 11 is 6.80. The van der Waals surface area contributed by atoms with Crippen LogP contribution < -0.4 is 10.5 Å². The fraction of sp³-hybridized carbons (Fsp3) is 0.143. The second-order valence-electron chi connectivity index (χ2n) is 4.22. The predicted octanol–water partition coefficient (Wildman–Crippen LogP) is 3.25. The number of anilines is 1. The van der Waals surface area contributed by atoms with Crippen LogP contribution in [0.25, 0.3) is 5.69 Å². The van der Waals surface area contributed by atoms with Gasteiger partial charge in [0.1, 0.15) is 17.5 Å². The van der Waals surface area contributed by atoms with Crippen molar-refractivity contribution in [1.29, 1.82) is 5.26 Å². The maximum atomic E-state index is 12.0. The number of nitrogen functional groups attached to an aromatic ring is 1. The van der Waals surface area contributed by atoms with Gasteiger partial charge in [-0.1, -0.05) is 15.9 Å². The lowest BCUT2D eigenvalue weighted by molar-refractivity contribution is 0.0593. The fourth-order valence-electron chi connectivity index (χ4n) is 2.02. The standard InChI is InChI=1S/C14H11Br2N3O3/c1-21-10-4-8(15)3-9(16)12(10)19-6-7(5-17)11(18)13(19)14(20)22-2/h3-4,6H,18H2,1-2H3. The quantitative estimate of drug-likeness (QED) is 0.757. The molecule has 0 aliphatic carbocycles. The van der Waals surface area contributed by atoms with Gasteiger partial charge >= 0.3 is 5.97 Å². The average molecular weight is 429 g/mol. The zero-order valence-corrected chi connectivity index (χ0v) is 14.9. The van der Waals surface area contributed by atoms with Gasteiger partial charge in [0.2, 0.25) is 0 Å². The minimum atomic E-state index is -0.643. The molecule has 2 N–H and O–H groups in total. The number of aromatic nitrogens is 1. The average Bonchev–Trinajstić information content (AvgIpc) is 2.81. The monoisotopic (exact) mass is 427 g/mol. The maximum absolute atomic E-state index is 12.0. The van der Waals surface area contributed by atoms with E-state index in [9.17, 15) is 4.79 Å². The summed E-state index contributed by atoms with van der Waals surface area (Å²) in [6.07, 6.45) is 1.47. The van der Waals surface area contributed by atoms with Gasteiger partial charge < -0.3 is 19.8 Å². The Morgan fingerprint density at radius 3 is 2.59 bits per heavy atom. The van der Waals surface area contributed by atoms with Crippen molar-refractivity contribution in [3.05, 3.63) is 38.5 Å². The van der Waals surface area contributed by atoms with Crippen LogP contribution in [0.3, 0.4) is 0 Å². The Labute approximate surface area is 143 Å². The van der Waals surface area contributed by atoms with Crippen LogP contribution in [0.15, 0.2) is 27.3 Å². The van der Waals surface area contributed by atoms with Crippen LogP contribution in [0.1, 0.15) is 16.1 Å². The van der Waals surface area contributed by atoms with Crippen molar-refractivity contribution in [3.8, 4) is 17.5 Å². The van der Waals surface area contributed by atoms with Gasteiger partial charge in [-0.2, -0.15) is 5.26 Å². The van der Waals surface area contributed by atoms with E-state index in [2.05, 4.69) is 31.9 Å². The van der Waals surface area contributed by atoms with Crippen molar-refractivity contribution in [1.82, 2.24) is 4.57 Å². The van der Waals surface area contributed by atoms with Crippen LogP contribution in [-0.2, 0) is 4.74 Å². The molecule has 0 unspecified atom stereocenters. The largest absolute Gasteiger partial charge is 0.494 e. The van der Waals surface area contributed by atoms with Crippen molar-refractivity contribution < 1.29 is 14.3 Å². The summed E-state index contributed by atoms with van der Waals surface area (Å²) in [7, 11) is 2.76. The number of carbonyl (C=O) groups excluding carboxylic acids is 1. The molecule has 8 heteroatoms. The first-order chi connectivity index (χ1) is 10.4. The molecule has 0 fully saturated rings. The van der Waals surface area contributed by atoms with Crippen molar-refractivity contribution in [2.24, 2.45) is 0 Å². The molecule has 114 valence electrons. The number of methoxy groups -OCH3 is 2.